The summed E-state index contributed by atoms with van der Waals surface area (Å²) in [5, 5.41) is 0.120. The molecule has 15 heavy (non-hydrogen) atoms. The van der Waals surface area contributed by atoms with Gasteiger partial charge in [-0.3, -0.25) is 4.79 Å². The van der Waals surface area contributed by atoms with Crippen LogP contribution >= 0.6 is 11.6 Å². The number of aromatic amines is 1. The summed E-state index contributed by atoms with van der Waals surface area (Å²) >= 11 is 5.61. The van der Waals surface area contributed by atoms with E-state index in [0.717, 1.165) is 6.20 Å². The second-order valence-corrected chi connectivity index (χ2v) is 3.17. The Bertz CT molecular complexity index is 555. The van der Waals surface area contributed by atoms with Crippen LogP contribution in [0.25, 0.3) is 11.1 Å². The number of H-pyrrole nitrogens is 1. The SMILES string of the molecule is O=c1[nH]cncc1-c1cc(Cl)ncc1F. The molecule has 0 atom stereocenters. The zero-order valence-corrected chi connectivity index (χ0v) is 8.12. The van der Waals surface area contributed by atoms with E-state index in [0.29, 0.717) is 0 Å². The van der Waals surface area contributed by atoms with Gasteiger partial charge in [0.25, 0.3) is 5.56 Å². The molecule has 0 aliphatic carbocycles. The van der Waals surface area contributed by atoms with Crippen molar-refractivity contribution in [3.8, 4) is 11.1 Å². The Hall–Kier alpha value is -1.75. The van der Waals surface area contributed by atoms with Crippen molar-refractivity contribution in [1.29, 1.82) is 0 Å². The van der Waals surface area contributed by atoms with Crippen LogP contribution < -0.4 is 5.56 Å². The lowest BCUT2D eigenvalue weighted by atomic mass is 10.1. The minimum absolute atomic E-state index is 0.0874. The van der Waals surface area contributed by atoms with Crippen LogP contribution in [0, 0.1) is 5.82 Å². The van der Waals surface area contributed by atoms with Gasteiger partial charge in [0, 0.05) is 11.8 Å². The van der Waals surface area contributed by atoms with E-state index in [1.54, 1.807) is 0 Å². The van der Waals surface area contributed by atoms with Crippen molar-refractivity contribution in [3.63, 3.8) is 0 Å². The number of nitrogens with zero attached hydrogens (tertiary/aromatic N) is 2. The highest BCUT2D eigenvalue weighted by molar-refractivity contribution is 6.29. The Morgan fingerprint density at radius 2 is 2.13 bits per heavy atom. The average Bonchev–Trinajstić information content (AvgIpc) is 2.23. The summed E-state index contributed by atoms with van der Waals surface area (Å²) in [6.07, 6.45) is 3.46. The fourth-order valence-electron chi connectivity index (χ4n) is 1.16. The fourth-order valence-corrected chi connectivity index (χ4v) is 1.31. The maximum Gasteiger partial charge on any atom is 0.258 e. The summed E-state index contributed by atoms with van der Waals surface area (Å²) in [5.41, 5.74) is -0.213. The van der Waals surface area contributed by atoms with Crippen LogP contribution in [0.5, 0.6) is 0 Å². The molecule has 2 rings (SSSR count). The maximum absolute atomic E-state index is 13.3. The quantitative estimate of drug-likeness (QED) is 0.751. The van der Waals surface area contributed by atoms with Crippen molar-refractivity contribution < 1.29 is 4.39 Å². The molecule has 2 aromatic rings. The van der Waals surface area contributed by atoms with Gasteiger partial charge in [0.2, 0.25) is 0 Å². The first-order chi connectivity index (χ1) is 7.18. The molecular weight excluding hydrogens is 221 g/mol. The van der Waals surface area contributed by atoms with Crippen LogP contribution in [0.15, 0.2) is 29.6 Å². The lowest BCUT2D eigenvalue weighted by Crippen LogP contribution is -2.09. The first kappa shape index (κ1) is 9.79. The molecule has 1 N–H and O–H groups in total. The average molecular weight is 226 g/mol. The summed E-state index contributed by atoms with van der Waals surface area (Å²) in [6.45, 7) is 0. The van der Waals surface area contributed by atoms with Gasteiger partial charge in [0.15, 0.2) is 0 Å². The lowest BCUT2D eigenvalue weighted by molar-refractivity contribution is 0.624. The van der Waals surface area contributed by atoms with Gasteiger partial charge in [-0.1, -0.05) is 11.6 Å². The molecular formula is C9H5ClFN3O. The van der Waals surface area contributed by atoms with Gasteiger partial charge in [-0.2, -0.15) is 0 Å². The summed E-state index contributed by atoms with van der Waals surface area (Å²) in [4.78, 5) is 21.0. The molecule has 0 fully saturated rings. The zero-order valence-electron chi connectivity index (χ0n) is 7.37. The molecule has 0 spiro atoms. The summed E-state index contributed by atoms with van der Waals surface area (Å²) in [7, 11) is 0. The van der Waals surface area contributed by atoms with Crippen molar-refractivity contribution >= 4 is 11.6 Å². The third-order valence-corrected chi connectivity index (χ3v) is 2.04. The van der Waals surface area contributed by atoms with Crippen LogP contribution in [0.2, 0.25) is 5.15 Å². The standard InChI is InChI=1S/C9H5ClFN3O/c10-8-1-5(7(11)3-13-8)6-2-12-4-14-9(6)15/h1-4H,(H,12,14,15). The van der Waals surface area contributed by atoms with Crippen molar-refractivity contribution in [2.75, 3.05) is 0 Å². The van der Waals surface area contributed by atoms with Crippen molar-refractivity contribution in [2.45, 2.75) is 0 Å². The highest BCUT2D eigenvalue weighted by Crippen LogP contribution is 2.20. The predicted molar refractivity (Wildman–Crippen MR) is 53.1 cm³/mol. The molecule has 0 aliphatic rings. The highest BCUT2D eigenvalue weighted by Gasteiger charge is 2.09. The normalized spacial score (nSPS) is 10.3. The number of rotatable bonds is 1. The van der Waals surface area contributed by atoms with Crippen LogP contribution in [0.1, 0.15) is 0 Å². The predicted octanol–water partition coefficient (Wildman–Crippen LogP) is 1.62. The fraction of sp³-hybridized carbons (Fsp3) is 0. The van der Waals surface area contributed by atoms with Gasteiger partial charge in [-0.05, 0) is 6.07 Å². The van der Waals surface area contributed by atoms with Crippen molar-refractivity contribution in [2.24, 2.45) is 0 Å². The van der Waals surface area contributed by atoms with Crippen LogP contribution in [-0.2, 0) is 0 Å². The summed E-state index contributed by atoms with van der Waals surface area (Å²) in [5.74, 6) is -0.613. The van der Waals surface area contributed by atoms with E-state index >= 15 is 0 Å². The second-order valence-electron chi connectivity index (χ2n) is 2.78. The minimum Gasteiger partial charge on any atom is -0.313 e. The topological polar surface area (TPSA) is 58.6 Å². The van der Waals surface area contributed by atoms with E-state index in [9.17, 15) is 9.18 Å². The molecule has 0 saturated heterocycles. The molecule has 4 nitrogen and oxygen atoms in total. The van der Waals surface area contributed by atoms with E-state index in [1.807, 2.05) is 0 Å². The van der Waals surface area contributed by atoms with Gasteiger partial charge < -0.3 is 4.98 Å². The first-order valence-electron chi connectivity index (χ1n) is 4.02. The van der Waals surface area contributed by atoms with Crippen molar-refractivity contribution in [1.82, 2.24) is 15.0 Å². The van der Waals surface area contributed by atoms with E-state index in [1.165, 1.54) is 18.6 Å². The number of nitrogens with one attached hydrogen (secondary N) is 1. The molecule has 0 aliphatic heterocycles. The van der Waals surface area contributed by atoms with Gasteiger partial charge in [0.1, 0.15) is 11.0 Å². The molecule has 76 valence electrons. The molecule has 2 heterocycles. The Morgan fingerprint density at radius 1 is 1.33 bits per heavy atom. The molecule has 0 radical (unpaired) electrons. The largest absolute Gasteiger partial charge is 0.313 e. The van der Waals surface area contributed by atoms with Gasteiger partial charge in [0.05, 0.1) is 18.1 Å². The van der Waals surface area contributed by atoms with E-state index in [2.05, 4.69) is 15.0 Å². The molecule has 0 aromatic carbocycles. The minimum atomic E-state index is -0.613. The second kappa shape index (κ2) is 3.78. The Kier molecular flexibility index (Phi) is 2.47. The monoisotopic (exact) mass is 225 g/mol. The molecule has 0 saturated carbocycles. The van der Waals surface area contributed by atoms with Gasteiger partial charge >= 0.3 is 0 Å². The maximum atomic E-state index is 13.3. The smallest absolute Gasteiger partial charge is 0.258 e. The highest BCUT2D eigenvalue weighted by atomic mass is 35.5. The van der Waals surface area contributed by atoms with Gasteiger partial charge in [-0.25, -0.2) is 14.4 Å². The Morgan fingerprint density at radius 3 is 2.87 bits per heavy atom. The van der Waals surface area contributed by atoms with Crippen LogP contribution in [0.4, 0.5) is 4.39 Å². The number of hydrogen-bond donors (Lipinski definition) is 1. The zero-order chi connectivity index (χ0) is 10.8. The third-order valence-electron chi connectivity index (χ3n) is 1.83. The number of aromatic nitrogens is 3. The van der Waals surface area contributed by atoms with Crippen LogP contribution in [-0.4, -0.2) is 15.0 Å². The number of pyridine rings is 1. The summed E-state index contributed by atoms with van der Waals surface area (Å²) < 4.78 is 13.3. The molecule has 2 aromatic heterocycles. The van der Waals surface area contributed by atoms with Gasteiger partial charge in [-0.15, -0.1) is 0 Å². The van der Waals surface area contributed by atoms with E-state index in [4.69, 9.17) is 11.6 Å². The Balaban J connectivity index is 2.69. The van der Waals surface area contributed by atoms with Crippen molar-refractivity contribution in [3.05, 3.63) is 46.1 Å². The summed E-state index contributed by atoms with van der Waals surface area (Å²) in [6, 6.07) is 1.28. The van der Waals surface area contributed by atoms with E-state index in [-0.39, 0.29) is 16.3 Å². The van der Waals surface area contributed by atoms with E-state index < -0.39 is 11.4 Å². The molecule has 0 bridgehead atoms. The molecule has 6 heteroatoms. The molecule has 0 unspecified atom stereocenters. The van der Waals surface area contributed by atoms with Crippen LogP contribution in [0.3, 0.4) is 0 Å². The molecule has 0 amide bonds. The lowest BCUT2D eigenvalue weighted by Gasteiger charge is -2.01. The third kappa shape index (κ3) is 1.87. The number of halogens is 2. The Labute approximate surface area is 88.8 Å². The first-order valence-corrected chi connectivity index (χ1v) is 4.40. The number of hydrogen-bond acceptors (Lipinski definition) is 3.